The van der Waals surface area contributed by atoms with Gasteiger partial charge in [-0.15, -0.1) is 0 Å². The highest BCUT2D eigenvalue weighted by atomic mass is 16.5. The fourth-order valence-electron chi connectivity index (χ4n) is 4.71. The molecule has 0 heterocycles. The zero-order chi connectivity index (χ0) is 25.9. The van der Waals surface area contributed by atoms with Crippen molar-refractivity contribution in [2.75, 3.05) is 13.2 Å². The molecular weight excluding hydrogens is 442 g/mol. The van der Waals surface area contributed by atoms with Gasteiger partial charge >= 0.3 is 0 Å². The highest BCUT2D eigenvalue weighted by Gasteiger charge is 2.02. The van der Waals surface area contributed by atoms with Gasteiger partial charge in [0.2, 0.25) is 0 Å². The van der Waals surface area contributed by atoms with Gasteiger partial charge in [0.1, 0.15) is 11.5 Å². The van der Waals surface area contributed by atoms with E-state index in [9.17, 15) is 5.11 Å². The van der Waals surface area contributed by atoms with Crippen molar-refractivity contribution in [2.45, 2.75) is 155 Å². The summed E-state index contributed by atoms with van der Waals surface area (Å²) in [4.78, 5) is 4.54. The highest BCUT2D eigenvalue weighted by Crippen LogP contribution is 2.22. The number of nitrogens with zero attached hydrogens (tertiary/aromatic N) is 1. The van der Waals surface area contributed by atoms with Gasteiger partial charge in [0, 0.05) is 18.3 Å². The largest absolute Gasteiger partial charge is 0.507 e. The van der Waals surface area contributed by atoms with Gasteiger partial charge < -0.3 is 9.84 Å². The molecule has 3 heteroatoms. The first-order valence-corrected chi connectivity index (χ1v) is 15.7. The molecule has 0 saturated carbocycles. The number of rotatable bonds is 26. The average Bonchev–Trinajstić information content (AvgIpc) is 2.89. The zero-order valence-corrected chi connectivity index (χ0v) is 24.1. The third-order valence-electron chi connectivity index (χ3n) is 7.14. The molecule has 0 aromatic heterocycles. The summed E-state index contributed by atoms with van der Waals surface area (Å²) in [7, 11) is 0. The predicted octanol–water partition coefficient (Wildman–Crippen LogP) is 10.8. The Morgan fingerprint density at radius 1 is 0.611 bits per heavy atom. The summed E-state index contributed by atoms with van der Waals surface area (Å²) in [5.74, 6) is 1.10. The predicted molar refractivity (Wildman–Crippen MR) is 159 cm³/mol. The maximum absolute atomic E-state index is 10.1. The van der Waals surface area contributed by atoms with Crippen LogP contribution in [0.1, 0.15) is 161 Å². The Bertz CT molecular complexity index is 628. The first-order valence-electron chi connectivity index (χ1n) is 15.7. The van der Waals surface area contributed by atoms with E-state index in [-0.39, 0.29) is 5.75 Å². The van der Waals surface area contributed by atoms with E-state index in [4.69, 9.17) is 4.74 Å². The van der Waals surface area contributed by atoms with Crippen molar-refractivity contribution < 1.29 is 9.84 Å². The molecule has 0 unspecified atom stereocenters. The van der Waals surface area contributed by atoms with E-state index in [0.29, 0.717) is 0 Å². The van der Waals surface area contributed by atoms with Crippen LogP contribution in [-0.4, -0.2) is 24.5 Å². The molecule has 1 rings (SSSR count). The van der Waals surface area contributed by atoms with Gasteiger partial charge in [0.15, 0.2) is 0 Å². The molecule has 0 amide bonds. The molecule has 0 spiro atoms. The molecule has 208 valence electrons. The number of unbranched alkanes of at least 4 members (excludes halogenated alkanes) is 20. The van der Waals surface area contributed by atoms with Gasteiger partial charge in [-0.05, 0) is 31.0 Å². The van der Waals surface area contributed by atoms with Crippen LogP contribution in [-0.2, 0) is 0 Å². The zero-order valence-electron chi connectivity index (χ0n) is 24.1. The average molecular weight is 502 g/mol. The number of aromatic hydroxyl groups is 1. The third kappa shape index (κ3) is 19.7. The van der Waals surface area contributed by atoms with Crippen LogP contribution < -0.4 is 4.74 Å². The molecule has 0 aliphatic rings. The number of aliphatic imine (C=N–C) groups is 1. The van der Waals surface area contributed by atoms with E-state index in [1.54, 1.807) is 12.3 Å². The lowest BCUT2D eigenvalue weighted by molar-refractivity contribution is 0.304. The molecule has 0 saturated heterocycles. The second-order valence-electron chi connectivity index (χ2n) is 10.7. The molecule has 0 bridgehead atoms. The number of phenolic OH excluding ortho intramolecular Hbond substituents is 1. The Labute approximate surface area is 224 Å². The summed E-state index contributed by atoms with van der Waals surface area (Å²) in [6.07, 6.45) is 31.5. The molecule has 3 nitrogen and oxygen atoms in total. The highest BCUT2D eigenvalue weighted by molar-refractivity contribution is 5.84. The Morgan fingerprint density at radius 3 is 1.56 bits per heavy atom. The standard InChI is InChI=1S/C33H59NO2/c1-3-5-7-9-11-12-13-14-15-16-17-18-19-20-21-23-27-34-30-31-29-32(25-26-33(31)35)36-28-24-22-10-8-6-4-2/h25-26,29-30,35H,3-24,27-28H2,1-2H3. The van der Waals surface area contributed by atoms with Crippen LogP contribution in [0.25, 0.3) is 0 Å². The molecule has 0 radical (unpaired) electrons. The van der Waals surface area contributed by atoms with E-state index < -0.39 is 0 Å². The first-order chi connectivity index (χ1) is 17.8. The summed E-state index contributed by atoms with van der Waals surface area (Å²) in [5, 5.41) is 10.1. The minimum absolute atomic E-state index is 0.276. The summed E-state index contributed by atoms with van der Waals surface area (Å²) < 4.78 is 5.88. The van der Waals surface area contributed by atoms with Crippen molar-refractivity contribution in [2.24, 2.45) is 4.99 Å². The van der Waals surface area contributed by atoms with Gasteiger partial charge in [-0.1, -0.05) is 142 Å². The smallest absolute Gasteiger partial charge is 0.124 e. The van der Waals surface area contributed by atoms with E-state index in [0.717, 1.165) is 37.3 Å². The van der Waals surface area contributed by atoms with Crippen molar-refractivity contribution >= 4 is 6.21 Å². The Kier molecular flexibility index (Phi) is 22.7. The lowest BCUT2D eigenvalue weighted by Gasteiger charge is -2.08. The van der Waals surface area contributed by atoms with Gasteiger partial charge in [0.05, 0.1) is 6.61 Å². The van der Waals surface area contributed by atoms with Crippen molar-refractivity contribution in [1.29, 1.82) is 0 Å². The number of ether oxygens (including phenoxy) is 1. The minimum atomic E-state index is 0.276. The van der Waals surface area contributed by atoms with Crippen LogP contribution in [0.15, 0.2) is 23.2 Å². The topological polar surface area (TPSA) is 41.8 Å². The number of benzene rings is 1. The van der Waals surface area contributed by atoms with Crippen molar-refractivity contribution in [3.8, 4) is 11.5 Å². The summed E-state index contributed by atoms with van der Waals surface area (Å²) in [5.41, 5.74) is 0.756. The molecule has 0 aliphatic carbocycles. The molecule has 1 aromatic rings. The van der Waals surface area contributed by atoms with Gasteiger partial charge in [0.25, 0.3) is 0 Å². The summed E-state index contributed by atoms with van der Waals surface area (Å²) in [6.45, 7) is 6.11. The normalized spacial score (nSPS) is 11.5. The number of hydrogen-bond acceptors (Lipinski definition) is 3. The van der Waals surface area contributed by atoms with Crippen molar-refractivity contribution in [3.63, 3.8) is 0 Å². The molecular formula is C33H59NO2. The van der Waals surface area contributed by atoms with Crippen LogP contribution in [0.3, 0.4) is 0 Å². The summed E-state index contributed by atoms with van der Waals surface area (Å²) in [6, 6.07) is 5.47. The molecule has 0 aliphatic heterocycles. The molecule has 0 atom stereocenters. The molecule has 0 fully saturated rings. The Hall–Kier alpha value is -1.51. The van der Waals surface area contributed by atoms with Crippen LogP contribution in [0, 0.1) is 0 Å². The Morgan fingerprint density at radius 2 is 1.06 bits per heavy atom. The van der Waals surface area contributed by atoms with Crippen LogP contribution in [0.2, 0.25) is 0 Å². The first kappa shape index (κ1) is 32.5. The maximum atomic E-state index is 10.1. The fraction of sp³-hybridized carbons (Fsp3) is 0.788. The maximum Gasteiger partial charge on any atom is 0.124 e. The van der Waals surface area contributed by atoms with Gasteiger partial charge in [-0.3, -0.25) is 4.99 Å². The van der Waals surface area contributed by atoms with Crippen LogP contribution >= 0.6 is 0 Å². The SMILES string of the molecule is CCCCCCCCCCCCCCCCCCN=Cc1cc(OCCCCCCCC)ccc1O. The lowest BCUT2D eigenvalue weighted by atomic mass is 10.0. The van der Waals surface area contributed by atoms with Crippen LogP contribution in [0.4, 0.5) is 0 Å². The quantitative estimate of drug-likeness (QED) is 0.101. The molecule has 1 N–H and O–H groups in total. The van der Waals surface area contributed by atoms with Crippen LogP contribution in [0.5, 0.6) is 11.5 Å². The second kappa shape index (κ2) is 25.2. The Balaban J connectivity index is 1.97. The van der Waals surface area contributed by atoms with E-state index in [2.05, 4.69) is 18.8 Å². The third-order valence-corrected chi connectivity index (χ3v) is 7.14. The fourth-order valence-corrected chi connectivity index (χ4v) is 4.71. The van der Waals surface area contributed by atoms with E-state index in [1.165, 1.54) is 128 Å². The lowest BCUT2D eigenvalue weighted by Crippen LogP contribution is -1.98. The summed E-state index contributed by atoms with van der Waals surface area (Å²) >= 11 is 0. The van der Waals surface area contributed by atoms with E-state index >= 15 is 0 Å². The van der Waals surface area contributed by atoms with Crippen molar-refractivity contribution in [3.05, 3.63) is 23.8 Å². The second-order valence-corrected chi connectivity index (χ2v) is 10.7. The minimum Gasteiger partial charge on any atom is -0.507 e. The van der Waals surface area contributed by atoms with Gasteiger partial charge in [-0.25, -0.2) is 0 Å². The van der Waals surface area contributed by atoms with Crippen molar-refractivity contribution in [1.82, 2.24) is 0 Å². The monoisotopic (exact) mass is 501 g/mol. The molecule has 1 aromatic carbocycles. The molecule has 36 heavy (non-hydrogen) atoms. The number of phenols is 1. The van der Waals surface area contributed by atoms with Gasteiger partial charge in [-0.2, -0.15) is 0 Å². The number of hydrogen-bond donors (Lipinski definition) is 1. The van der Waals surface area contributed by atoms with E-state index in [1.807, 2.05) is 12.1 Å².